The number of esters is 1. The van der Waals surface area contributed by atoms with E-state index in [-0.39, 0.29) is 29.6 Å². The van der Waals surface area contributed by atoms with Gasteiger partial charge in [0, 0.05) is 45.3 Å². The molecule has 0 bridgehead atoms. The predicted octanol–water partition coefficient (Wildman–Crippen LogP) is 12.3. The number of rotatable bonds is 22. The summed E-state index contributed by atoms with van der Waals surface area (Å²) < 4.78 is 47.5. The normalized spacial score (nSPS) is 12.5. The molecule has 0 spiro atoms. The van der Waals surface area contributed by atoms with Crippen molar-refractivity contribution in [1.82, 2.24) is 24.6 Å². The number of ether oxygens (including phenoxy) is 4. The molecule has 0 N–H and O–H groups in total. The molecule has 3 aromatic heterocycles. The van der Waals surface area contributed by atoms with Gasteiger partial charge in [0.2, 0.25) is 0 Å². The van der Waals surface area contributed by atoms with Crippen LogP contribution in [0.5, 0.6) is 5.75 Å². The van der Waals surface area contributed by atoms with E-state index in [1.54, 1.807) is 45.2 Å². The minimum absolute atomic E-state index is 0.0811. The van der Waals surface area contributed by atoms with Gasteiger partial charge in [-0.25, -0.2) is 19.0 Å². The van der Waals surface area contributed by atoms with E-state index in [4.69, 9.17) is 38.4 Å². The molecule has 0 aliphatic rings. The van der Waals surface area contributed by atoms with E-state index in [1.807, 2.05) is 30.0 Å². The summed E-state index contributed by atoms with van der Waals surface area (Å²) in [5.41, 5.74) is 1.91. The maximum atomic E-state index is 15.2. The SMILES string of the molecule is COC(=O)c1nc(N(CCCCCO[Si](C)(C)C(C)(C)C)c2cc(C)c(/N=c3\sc4ccccc4n3COCC[Si](C)(C)C)nn2)sc1CCCOc1ccc(C#CCN(C)C(=O)OC(C)(C)C)cc1F. The zero-order chi connectivity index (χ0) is 52.1. The number of methoxy groups -OCH3 is 1. The Morgan fingerprint density at radius 2 is 1.66 bits per heavy atom. The summed E-state index contributed by atoms with van der Waals surface area (Å²) >= 11 is 2.97. The van der Waals surface area contributed by atoms with Crippen molar-refractivity contribution in [1.29, 1.82) is 0 Å². The number of nitrogens with zero attached hydrogens (tertiary/aromatic N) is 7. The van der Waals surface area contributed by atoms with Crippen molar-refractivity contribution in [3.63, 3.8) is 0 Å². The molecule has 386 valence electrons. The van der Waals surface area contributed by atoms with Crippen molar-refractivity contribution < 1.29 is 37.4 Å². The Bertz CT molecular complexity index is 2730. The van der Waals surface area contributed by atoms with Crippen molar-refractivity contribution in [3.8, 4) is 17.6 Å². The average Bonchev–Trinajstić information content (AvgIpc) is 3.86. The van der Waals surface area contributed by atoms with Crippen LogP contribution in [-0.2, 0) is 31.8 Å². The number of amides is 1. The number of aryl methyl sites for hydroxylation is 2. The monoisotopic (exact) mass is 1050 g/mol. The lowest BCUT2D eigenvalue weighted by Gasteiger charge is -2.36. The molecule has 5 rings (SSSR count). The van der Waals surface area contributed by atoms with E-state index in [0.717, 1.165) is 45.9 Å². The molecule has 2 aromatic carbocycles. The van der Waals surface area contributed by atoms with Crippen LogP contribution in [0.3, 0.4) is 0 Å². The maximum absolute atomic E-state index is 15.2. The first-order chi connectivity index (χ1) is 33.4. The molecule has 0 fully saturated rings. The standard InChI is InChI=1S/C52H74FN7O7S2Si2/c1-37-34-44(56-57-46(37)55-49-60(36-64-32-33-70(10,11)12)40-23-16-17-24-42(40)68-49)59(29-18-15-19-31-66-71(13,14)52(5,6)7)48-54-45(47(61)63-9)43(69-48)25-21-30-65-41-27-26-38(35-39(41)53)22-20-28-58(8)50(62)67-51(2,3)4/h16-17,23-24,26-27,34-35H,15,18-19,21,25,28-33,36H2,1-14H3/b55-49-. The van der Waals surface area contributed by atoms with E-state index in [2.05, 4.69) is 87.1 Å². The third-order valence-electron chi connectivity index (χ3n) is 11.8. The minimum atomic E-state index is -1.88. The number of fused-ring (bicyclic) bond motifs is 1. The van der Waals surface area contributed by atoms with Gasteiger partial charge >= 0.3 is 12.1 Å². The first kappa shape index (κ1) is 56.9. The summed E-state index contributed by atoms with van der Waals surface area (Å²) in [7, 11) is -0.210. The van der Waals surface area contributed by atoms with Gasteiger partial charge in [-0.1, -0.05) is 75.7 Å². The Hall–Kier alpha value is -4.98. The minimum Gasteiger partial charge on any atom is -0.491 e. The Morgan fingerprint density at radius 1 is 0.915 bits per heavy atom. The lowest BCUT2D eigenvalue weighted by Crippen LogP contribution is -2.40. The van der Waals surface area contributed by atoms with Crippen LogP contribution in [0.15, 0.2) is 53.5 Å². The van der Waals surface area contributed by atoms with Gasteiger partial charge in [0.05, 0.1) is 30.5 Å². The molecule has 0 aliphatic heterocycles. The summed E-state index contributed by atoms with van der Waals surface area (Å²) in [4.78, 5) is 40.2. The largest absolute Gasteiger partial charge is 0.491 e. The molecule has 0 saturated carbocycles. The smallest absolute Gasteiger partial charge is 0.410 e. The van der Waals surface area contributed by atoms with Crippen molar-refractivity contribution in [3.05, 3.63) is 80.8 Å². The number of aromatic nitrogens is 4. The molecular weight excluding hydrogens is 974 g/mol. The van der Waals surface area contributed by atoms with Crippen molar-refractivity contribution in [2.75, 3.05) is 52.0 Å². The van der Waals surface area contributed by atoms with Gasteiger partial charge in [-0.05, 0) is 126 Å². The van der Waals surface area contributed by atoms with Gasteiger partial charge in [-0.3, -0.25) is 4.57 Å². The van der Waals surface area contributed by atoms with Crippen molar-refractivity contribution in [2.24, 2.45) is 4.99 Å². The molecule has 5 aromatic rings. The van der Waals surface area contributed by atoms with Gasteiger partial charge in [0.25, 0.3) is 0 Å². The summed E-state index contributed by atoms with van der Waals surface area (Å²) in [6.07, 6.45) is 3.02. The number of carbonyl (C=O) groups excluding carboxylic acids is 2. The molecule has 0 atom stereocenters. The maximum Gasteiger partial charge on any atom is 0.410 e. The Morgan fingerprint density at radius 3 is 2.34 bits per heavy atom. The highest BCUT2D eigenvalue weighted by molar-refractivity contribution is 7.16. The lowest BCUT2D eigenvalue weighted by atomic mass is 10.2. The molecule has 19 heteroatoms. The summed E-state index contributed by atoms with van der Waals surface area (Å²) in [6.45, 7) is 28.3. The second-order valence-corrected chi connectivity index (χ2v) is 33.8. The van der Waals surface area contributed by atoms with E-state index >= 15 is 4.39 Å². The van der Waals surface area contributed by atoms with Crippen LogP contribution in [0.2, 0.25) is 43.8 Å². The quantitative estimate of drug-likeness (QED) is 0.0283. The summed E-state index contributed by atoms with van der Waals surface area (Å²) in [6, 6.07) is 15.8. The number of benzene rings is 2. The molecule has 1 amide bonds. The highest BCUT2D eigenvalue weighted by atomic mass is 32.1. The van der Waals surface area contributed by atoms with E-state index in [0.29, 0.717) is 66.5 Å². The fraction of sp³-hybridized carbons (Fsp3) is 0.538. The molecular formula is C52H74FN7O7S2Si2. The highest BCUT2D eigenvalue weighted by Crippen LogP contribution is 2.37. The third-order valence-corrected chi connectivity index (χ3v) is 20.3. The molecule has 71 heavy (non-hydrogen) atoms. The fourth-order valence-corrected chi connectivity index (χ4v) is 10.6. The van der Waals surface area contributed by atoms with Crippen LogP contribution < -0.4 is 14.4 Å². The zero-order valence-corrected chi connectivity index (χ0v) is 47.9. The Balaban J connectivity index is 1.35. The molecule has 0 unspecified atom stereocenters. The fourth-order valence-electron chi connectivity index (χ4n) is 6.62. The number of hydrogen-bond acceptors (Lipinski definition) is 14. The second-order valence-electron chi connectivity index (χ2n) is 21.3. The summed E-state index contributed by atoms with van der Waals surface area (Å²) in [5, 5.41) is 10.1. The van der Waals surface area contributed by atoms with E-state index in [9.17, 15) is 9.59 Å². The number of carbonyl (C=O) groups is 2. The van der Waals surface area contributed by atoms with Gasteiger partial charge < -0.3 is 33.2 Å². The number of hydrogen-bond donors (Lipinski definition) is 0. The number of halogens is 1. The van der Waals surface area contributed by atoms with Crippen LogP contribution in [-0.4, -0.2) is 106 Å². The number of unbranched alkanes of at least 4 members (excludes halogenated alkanes) is 2. The van der Waals surface area contributed by atoms with Gasteiger partial charge in [-0.2, -0.15) is 4.99 Å². The van der Waals surface area contributed by atoms with Crippen molar-refractivity contribution in [2.45, 2.75) is 137 Å². The van der Waals surface area contributed by atoms with Crippen LogP contribution >= 0.6 is 22.7 Å². The van der Waals surface area contributed by atoms with Crippen LogP contribution in [0, 0.1) is 24.6 Å². The van der Waals surface area contributed by atoms with E-state index in [1.165, 1.54) is 35.5 Å². The third kappa shape index (κ3) is 17.1. The molecule has 0 saturated heterocycles. The average molecular weight is 1050 g/mol. The number of para-hydroxylation sites is 1. The van der Waals surface area contributed by atoms with Crippen molar-refractivity contribution >= 4 is 78.1 Å². The molecule has 0 aliphatic carbocycles. The zero-order valence-electron chi connectivity index (χ0n) is 44.3. The first-order valence-electron chi connectivity index (χ1n) is 24.3. The molecule has 14 nitrogen and oxygen atoms in total. The van der Waals surface area contributed by atoms with Gasteiger partial charge in [-0.15, -0.1) is 21.5 Å². The number of anilines is 2. The first-order valence-corrected chi connectivity index (χ1v) is 32.5. The molecule has 0 radical (unpaired) electrons. The molecule has 3 heterocycles. The Kier molecular flexibility index (Phi) is 20.1. The lowest BCUT2D eigenvalue weighted by molar-refractivity contribution is 0.0320. The summed E-state index contributed by atoms with van der Waals surface area (Å²) in [5.74, 6) is 5.82. The van der Waals surface area contributed by atoms with Crippen LogP contribution in [0.1, 0.15) is 93.7 Å². The topological polar surface area (TPSA) is 143 Å². The Labute approximate surface area is 430 Å². The predicted molar refractivity (Wildman–Crippen MR) is 289 cm³/mol. The van der Waals surface area contributed by atoms with E-state index < -0.39 is 39.9 Å². The number of thiazole rings is 2. The van der Waals surface area contributed by atoms with Gasteiger partial charge in [0.1, 0.15) is 12.3 Å². The van der Waals surface area contributed by atoms with Crippen LogP contribution in [0.25, 0.3) is 10.2 Å². The van der Waals surface area contributed by atoms with Gasteiger partial charge in [0.15, 0.2) is 47.1 Å². The van der Waals surface area contributed by atoms with Crippen LogP contribution in [0.4, 0.5) is 26.0 Å². The highest BCUT2D eigenvalue weighted by Gasteiger charge is 2.37. The second kappa shape index (κ2) is 25.1.